The summed E-state index contributed by atoms with van der Waals surface area (Å²) in [6.45, 7) is 6.21. The first kappa shape index (κ1) is 15.5. The van der Waals surface area contributed by atoms with Crippen LogP contribution in [0, 0.1) is 0 Å². The Hall–Kier alpha value is -1.55. The van der Waals surface area contributed by atoms with Crippen LogP contribution in [0.5, 0.6) is 5.75 Å². The van der Waals surface area contributed by atoms with Gasteiger partial charge >= 0.3 is 5.97 Å². The van der Waals surface area contributed by atoms with E-state index in [4.69, 9.17) is 9.47 Å². The Morgan fingerprint density at radius 3 is 2.68 bits per heavy atom. The zero-order chi connectivity index (χ0) is 14.3. The summed E-state index contributed by atoms with van der Waals surface area (Å²) in [5.74, 6) is 0.620. The number of esters is 1. The molecule has 0 spiro atoms. The zero-order valence-electron chi connectivity index (χ0n) is 12.1. The van der Waals surface area contributed by atoms with Gasteiger partial charge in [0.05, 0.1) is 13.7 Å². The van der Waals surface area contributed by atoms with E-state index in [1.165, 1.54) is 0 Å². The van der Waals surface area contributed by atoms with Gasteiger partial charge in [-0.1, -0.05) is 19.1 Å². The van der Waals surface area contributed by atoms with Gasteiger partial charge in [0.15, 0.2) is 0 Å². The molecule has 1 unspecified atom stereocenters. The van der Waals surface area contributed by atoms with Gasteiger partial charge in [-0.2, -0.15) is 0 Å². The first-order chi connectivity index (χ1) is 9.12. The summed E-state index contributed by atoms with van der Waals surface area (Å²) >= 11 is 0. The number of ether oxygens (including phenoxy) is 2. The fourth-order valence-electron chi connectivity index (χ4n) is 1.90. The number of carbonyl (C=O) groups is 1. The molecule has 106 valence electrons. The van der Waals surface area contributed by atoms with Gasteiger partial charge in [0.2, 0.25) is 0 Å². The highest BCUT2D eigenvalue weighted by molar-refractivity contribution is 5.75. The molecule has 0 aliphatic rings. The van der Waals surface area contributed by atoms with Crippen LogP contribution in [0.25, 0.3) is 0 Å². The number of carbonyl (C=O) groups excluding carboxylic acids is 1. The largest absolute Gasteiger partial charge is 0.497 e. The Labute approximate surface area is 115 Å². The molecule has 0 heterocycles. The maximum absolute atomic E-state index is 11.8. The number of hydrogen-bond donors (Lipinski definition) is 1. The third-order valence-electron chi connectivity index (χ3n) is 3.02. The smallest absolute Gasteiger partial charge is 0.323 e. The van der Waals surface area contributed by atoms with Gasteiger partial charge in [-0.3, -0.25) is 10.1 Å². The molecule has 1 aromatic rings. The quantitative estimate of drug-likeness (QED) is 0.770. The molecule has 0 saturated carbocycles. The maximum atomic E-state index is 11.8. The van der Waals surface area contributed by atoms with E-state index in [9.17, 15) is 4.79 Å². The molecule has 0 saturated heterocycles. The third-order valence-corrected chi connectivity index (χ3v) is 3.02. The van der Waals surface area contributed by atoms with Crippen LogP contribution in [0.15, 0.2) is 24.3 Å². The summed E-state index contributed by atoms with van der Waals surface area (Å²) in [5, 5.41) is 3.29. The van der Waals surface area contributed by atoms with Crippen molar-refractivity contribution in [2.24, 2.45) is 0 Å². The molecule has 0 aromatic heterocycles. The van der Waals surface area contributed by atoms with Crippen molar-refractivity contribution in [3.8, 4) is 5.75 Å². The lowest BCUT2D eigenvalue weighted by atomic mass is 10.1. The molecule has 1 rings (SSSR count). The van der Waals surface area contributed by atoms with Crippen LogP contribution in [-0.2, 0) is 9.53 Å². The maximum Gasteiger partial charge on any atom is 0.323 e. The van der Waals surface area contributed by atoms with Crippen molar-refractivity contribution in [1.82, 2.24) is 5.32 Å². The van der Waals surface area contributed by atoms with E-state index in [2.05, 4.69) is 5.32 Å². The van der Waals surface area contributed by atoms with E-state index < -0.39 is 0 Å². The van der Waals surface area contributed by atoms with E-state index in [1.54, 1.807) is 7.11 Å². The van der Waals surface area contributed by atoms with Crippen molar-refractivity contribution >= 4 is 5.97 Å². The fraction of sp³-hybridized carbons (Fsp3) is 0.533. The molecule has 0 bridgehead atoms. The van der Waals surface area contributed by atoms with E-state index in [-0.39, 0.29) is 18.1 Å². The molecule has 0 amide bonds. The van der Waals surface area contributed by atoms with Crippen LogP contribution in [0.4, 0.5) is 0 Å². The Balaban J connectivity index is 2.70. The second-order valence-electron chi connectivity index (χ2n) is 4.38. The van der Waals surface area contributed by atoms with Crippen molar-refractivity contribution in [2.75, 3.05) is 13.7 Å². The molecule has 0 fully saturated rings. The molecule has 2 atom stereocenters. The van der Waals surface area contributed by atoms with Crippen molar-refractivity contribution in [3.63, 3.8) is 0 Å². The van der Waals surface area contributed by atoms with Crippen molar-refractivity contribution in [1.29, 1.82) is 0 Å². The minimum absolute atomic E-state index is 0.0597. The van der Waals surface area contributed by atoms with Gasteiger partial charge in [0, 0.05) is 6.04 Å². The van der Waals surface area contributed by atoms with Gasteiger partial charge in [0.25, 0.3) is 0 Å². The van der Waals surface area contributed by atoms with Crippen LogP contribution in [0.1, 0.15) is 38.8 Å². The van der Waals surface area contributed by atoms with E-state index >= 15 is 0 Å². The average molecular weight is 265 g/mol. The third kappa shape index (κ3) is 4.56. The molecular formula is C15H23NO3. The van der Waals surface area contributed by atoms with Crippen LogP contribution < -0.4 is 10.1 Å². The molecule has 0 radical (unpaired) electrons. The van der Waals surface area contributed by atoms with Crippen molar-refractivity contribution in [2.45, 2.75) is 39.3 Å². The number of hydrogen-bond acceptors (Lipinski definition) is 4. The summed E-state index contributed by atoms with van der Waals surface area (Å²) in [4.78, 5) is 11.8. The molecule has 19 heavy (non-hydrogen) atoms. The van der Waals surface area contributed by atoms with E-state index in [1.807, 2.05) is 45.0 Å². The summed E-state index contributed by atoms with van der Waals surface area (Å²) in [7, 11) is 1.64. The Morgan fingerprint density at radius 2 is 2.11 bits per heavy atom. The lowest BCUT2D eigenvalue weighted by Crippen LogP contribution is -2.39. The number of methoxy groups -OCH3 is 1. The normalized spacial score (nSPS) is 13.7. The average Bonchev–Trinajstić information content (AvgIpc) is 2.44. The van der Waals surface area contributed by atoms with Crippen molar-refractivity contribution in [3.05, 3.63) is 29.8 Å². The molecule has 4 heteroatoms. The number of rotatable bonds is 7. The van der Waals surface area contributed by atoms with Crippen LogP contribution >= 0.6 is 0 Å². The highest BCUT2D eigenvalue weighted by atomic mass is 16.5. The van der Waals surface area contributed by atoms with Crippen molar-refractivity contribution < 1.29 is 14.3 Å². The van der Waals surface area contributed by atoms with Crippen LogP contribution in [-0.4, -0.2) is 25.7 Å². The molecule has 0 aliphatic carbocycles. The lowest BCUT2D eigenvalue weighted by molar-refractivity contribution is -0.145. The summed E-state index contributed by atoms with van der Waals surface area (Å²) in [6.07, 6.45) is 0.702. The molecule has 1 aromatic carbocycles. The zero-order valence-corrected chi connectivity index (χ0v) is 12.1. The topological polar surface area (TPSA) is 47.6 Å². The standard InChI is InChI=1S/C15H23NO3/c1-5-14(15(17)19-6-2)16-11(3)12-8-7-9-13(10-12)18-4/h7-11,14,16H,5-6H2,1-4H3/t11-,14?/m0/s1. The Bertz CT molecular complexity index is 406. The van der Waals surface area contributed by atoms with E-state index in [0.717, 1.165) is 11.3 Å². The second-order valence-corrected chi connectivity index (χ2v) is 4.38. The molecule has 4 nitrogen and oxygen atoms in total. The SMILES string of the molecule is CCOC(=O)C(CC)N[C@@H](C)c1cccc(OC)c1. The van der Waals surface area contributed by atoms with Gasteiger partial charge in [-0.25, -0.2) is 0 Å². The number of nitrogens with one attached hydrogen (secondary N) is 1. The van der Waals surface area contributed by atoms with Gasteiger partial charge in [-0.05, 0) is 38.0 Å². The first-order valence-electron chi connectivity index (χ1n) is 6.69. The van der Waals surface area contributed by atoms with Crippen LogP contribution in [0.2, 0.25) is 0 Å². The first-order valence-corrected chi connectivity index (χ1v) is 6.69. The monoisotopic (exact) mass is 265 g/mol. The minimum atomic E-state index is -0.277. The van der Waals surface area contributed by atoms with Gasteiger partial charge in [0.1, 0.15) is 11.8 Å². The predicted octanol–water partition coefficient (Wildman–Crippen LogP) is 2.69. The van der Waals surface area contributed by atoms with Crippen LogP contribution in [0.3, 0.4) is 0 Å². The Kier molecular flexibility index (Phi) is 6.36. The summed E-state index contributed by atoms with van der Waals surface area (Å²) in [6, 6.07) is 7.61. The van der Waals surface area contributed by atoms with Gasteiger partial charge < -0.3 is 9.47 Å². The lowest BCUT2D eigenvalue weighted by Gasteiger charge is -2.21. The van der Waals surface area contributed by atoms with Gasteiger partial charge in [-0.15, -0.1) is 0 Å². The summed E-state index contributed by atoms with van der Waals surface area (Å²) in [5.41, 5.74) is 1.09. The fourth-order valence-corrected chi connectivity index (χ4v) is 1.90. The molecule has 1 N–H and O–H groups in total. The predicted molar refractivity (Wildman–Crippen MR) is 75.3 cm³/mol. The molecular weight excluding hydrogens is 242 g/mol. The molecule has 0 aliphatic heterocycles. The Morgan fingerprint density at radius 1 is 1.37 bits per heavy atom. The second kappa shape index (κ2) is 7.79. The number of benzene rings is 1. The highest BCUT2D eigenvalue weighted by Gasteiger charge is 2.20. The van der Waals surface area contributed by atoms with E-state index in [0.29, 0.717) is 13.0 Å². The minimum Gasteiger partial charge on any atom is -0.497 e. The summed E-state index contributed by atoms with van der Waals surface area (Å²) < 4.78 is 10.3. The highest BCUT2D eigenvalue weighted by Crippen LogP contribution is 2.19.